The van der Waals surface area contributed by atoms with Gasteiger partial charge in [-0.3, -0.25) is 5.32 Å². The van der Waals surface area contributed by atoms with E-state index < -0.39 is 0 Å². The summed E-state index contributed by atoms with van der Waals surface area (Å²) in [6, 6.07) is 12.9. The van der Waals surface area contributed by atoms with Crippen LogP contribution >= 0.6 is 11.3 Å². The van der Waals surface area contributed by atoms with Crippen LogP contribution < -0.4 is 20.9 Å². The van der Waals surface area contributed by atoms with Gasteiger partial charge in [-0.2, -0.15) is 4.98 Å². The van der Waals surface area contributed by atoms with Crippen LogP contribution in [0.4, 0.5) is 32.9 Å². The number of rotatable bonds is 7. The second-order valence-electron chi connectivity index (χ2n) is 6.12. The molecular weight excluding hydrogens is 372 g/mol. The van der Waals surface area contributed by atoms with Gasteiger partial charge in [-0.15, -0.1) is 11.3 Å². The van der Waals surface area contributed by atoms with Crippen molar-refractivity contribution in [3.63, 3.8) is 0 Å². The Morgan fingerprint density at radius 1 is 1.04 bits per heavy atom. The van der Waals surface area contributed by atoms with Crippen LogP contribution in [-0.4, -0.2) is 29.1 Å². The number of benzene rings is 1. The van der Waals surface area contributed by atoms with E-state index in [2.05, 4.69) is 44.7 Å². The molecule has 0 unspecified atom stereocenters. The highest BCUT2D eigenvalue weighted by atomic mass is 32.1. The lowest BCUT2D eigenvalue weighted by molar-refractivity contribution is 0.262. The van der Waals surface area contributed by atoms with E-state index in [1.54, 1.807) is 0 Å². The van der Waals surface area contributed by atoms with Gasteiger partial charge in [0.2, 0.25) is 5.95 Å². The zero-order chi connectivity index (χ0) is 19.9. The first-order valence-corrected chi connectivity index (χ1v) is 10.0. The molecule has 2 aromatic heterocycles. The minimum absolute atomic E-state index is 0.269. The van der Waals surface area contributed by atoms with Crippen LogP contribution in [0, 0.1) is 6.92 Å². The van der Waals surface area contributed by atoms with Crippen molar-refractivity contribution in [3.8, 4) is 0 Å². The number of urea groups is 1. The number of aryl methyl sites for hydroxylation is 1. The molecule has 0 saturated heterocycles. The summed E-state index contributed by atoms with van der Waals surface area (Å²) in [7, 11) is 0. The zero-order valence-corrected chi connectivity index (χ0v) is 17.0. The summed E-state index contributed by atoms with van der Waals surface area (Å²) < 4.78 is 0. The fourth-order valence-electron chi connectivity index (χ4n) is 2.71. The molecule has 0 aliphatic heterocycles. The third-order valence-electron chi connectivity index (χ3n) is 4.08. The maximum absolute atomic E-state index is 12.0. The van der Waals surface area contributed by atoms with Crippen LogP contribution in [0.15, 0.2) is 47.8 Å². The first-order valence-electron chi connectivity index (χ1n) is 9.16. The first kappa shape index (κ1) is 19.6. The fourth-order valence-corrected chi connectivity index (χ4v) is 3.32. The number of carbonyl (C=O) groups is 1. The molecule has 146 valence electrons. The number of hydrogen-bond acceptors (Lipinski definition) is 6. The molecule has 7 nitrogen and oxygen atoms in total. The number of carbonyl (C=O) groups excluding carboxylic acids is 1. The Bertz CT molecular complexity index is 907. The van der Waals surface area contributed by atoms with Gasteiger partial charge in [0, 0.05) is 36.2 Å². The largest absolute Gasteiger partial charge is 0.357 e. The monoisotopic (exact) mass is 396 g/mol. The highest BCUT2D eigenvalue weighted by Crippen LogP contribution is 2.20. The standard InChI is InChI=1S/C20H24N6OS/c1-4-26(5-2)17-13-14(3)21-19(24-17)22-15-8-10-16(11-9-15)23-20(27)25-18-7-6-12-28-18/h6-13H,4-5H2,1-3H3,(H,21,22,24)(H2,23,25,27). The predicted octanol–water partition coefficient (Wildman–Crippen LogP) is 5.08. The number of hydrogen-bond donors (Lipinski definition) is 3. The summed E-state index contributed by atoms with van der Waals surface area (Å²) in [4.78, 5) is 23.2. The summed E-state index contributed by atoms with van der Waals surface area (Å²) in [6.07, 6.45) is 0. The molecule has 8 heteroatoms. The number of nitrogens with one attached hydrogen (secondary N) is 3. The molecule has 0 radical (unpaired) electrons. The van der Waals surface area contributed by atoms with E-state index in [1.807, 2.05) is 54.8 Å². The van der Waals surface area contributed by atoms with Crippen LogP contribution in [0.3, 0.4) is 0 Å². The molecule has 28 heavy (non-hydrogen) atoms. The van der Waals surface area contributed by atoms with Crippen LogP contribution in [0.5, 0.6) is 0 Å². The van der Waals surface area contributed by atoms with Gasteiger partial charge in [-0.05, 0) is 62.5 Å². The highest BCUT2D eigenvalue weighted by molar-refractivity contribution is 7.14. The topological polar surface area (TPSA) is 82.2 Å². The molecule has 0 aliphatic rings. The molecule has 3 N–H and O–H groups in total. The van der Waals surface area contributed by atoms with Gasteiger partial charge in [0.1, 0.15) is 5.82 Å². The van der Waals surface area contributed by atoms with Crippen LogP contribution in [0.2, 0.25) is 0 Å². The number of thiophene rings is 1. The van der Waals surface area contributed by atoms with Crippen molar-refractivity contribution < 1.29 is 4.79 Å². The number of aromatic nitrogens is 2. The number of anilines is 5. The Balaban J connectivity index is 1.65. The second kappa shape index (κ2) is 9.18. The molecule has 2 amide bonds. The lowest BCUT2D eigenvalue weighted by atomic mass is 10.3. The molecule has 3 aromatic rings. The van der Waals surface area contributed by atoms with Crippen molar-refractivity contribution in [2.75, 3.05) is 33.9 Å². The average Bonchev–Trinajstić information content (AvgIpc) is 3.17. The van der Waals surface area contributed by atoms with Crippen LogP contribution in [0.1, 0.15) is 19.5 Å². The van der Waals surface area contributed by atoms with E-state index in [-0.39, 0.29) is 6.03 Å². The third-order valence-corrected chi connectivity index (χ3v) is 4.87. The van der Waals surface area contributed by atoms with Gasteiger partial charge in [-0.1, -0.05) is 0 Å². The quantitative estimate of drug-likeness (QED) is 0.519. The third kappa shape index (κ3) is 5.20. The molecular formula is C20H24N6OS. The van der Waals surface area contributed by atoms with Crippen LogP contribution in [-0.2, 0) is 0 Å². The Morgan fingerprint density at radius 2 is 1.75 bits per heavy atom. The van der Waals surface area contributed by atoms with Crippen molar-refractivity contribution in [1.29, 1.82) is 0 Å². The molecule has 3 rings (SSSR count). The average molecular weight is 397 g/mol. The molecule has 0 aliphatic carbocycles. The van der Waals surface area contributed by atoms with Crippen LogP contribution in [0.25, 0.3) is 0 Å². The Hall–Kier alpha value is -3.13. The Morgan fingerprint density at radius 3 is 2.39 bits per heavy atom. The van der Waals surface area contributed by atoms with Crippen molar-refractivity contribution in [2.45, 2.75) is 20.8 Å². The summed E-state index contributed by atoms with van der Waals surface area (Å²) in [5, 5.41) is 11.5. The van der Waals surface area contributed by atoms with Crippen molar-refractivity contribution in [1.82, 2.24) is 9.97 Å². The molecule has 1 aromatic carbocycles. The maximum Gasteiger partial charge on any atom is 0.324 e. The van der Waals surface area contributed by atoms with Gasteiger partial charge >= 0.3 is 6.03 Å². The van der Waals surface area contributed by atoms with Gasteiger partial charge < -0.3 is 15.5 Å². The molecule has 0 bridgehead atoms. The summed E-state index contributed by atoms with van der Waals surface area (Å²) >= 11 is 1.47. The first-order chi connectivity index (χ1) is 13.6. The SMILES string of the molecule is CCN(CC)c1cc(C)nc(Nc2ccc(NC(=O)Nc3cccs3)cc2)n1. The normalized spacial score (nSPS) is 10.4. The van der Waals surface area contributed by atoms with Gasteiger partial charge in [-0.25, -0.2) is 9.78 Å². The van der Waals surface area contributed by atoms with Crippen molar-refractivity contribution in [3.05, 3.63) is 53.5 Å². The van der Waals surface area contributed by atoms with E-state index >= 15 is 0 Å². The van der Waals surface area contributed by atoms with E-state index in [0.717, 1.165) is 35.3 Å². The van der Waals surface area contributed by atoms with Crippen molar-refractivity contribution >= 4 is 45.5 Å². The highest BCUT2D eigenvalue weighted by Gasteiger charge is 2.08. The summed E-state index contributed by atoms with van der Waals surface area (Å²) in [5.74, 6) is 1.46. The fraction of sp³-hybridized carbons (Fsp3) is 0.250. The maximum atomic E-state index is 12.0. The molecule has 0 fully saturated rings. The Kier molecular flexibility index (Phi) is 6.44. The number of nitrogens with zero attached hydrogens (tertiary/aromatic N) is 3. The number of amides is 2. The predicted molar refractivity (Wildman–Crippen MR) is 117 cm³/mol. The minimum Gasteiger partial charge on any atom is -0.357 e. The molecule has 0 spiro atoms. The van der Waals surface area contributed by atoms with E-state index in [4.69, 9.17) is 0 Å². The summed E-state index contributed by atoms with van der Waals surface area (Å²) in [5.41, 5.74) is 2.46. The molecule has 0 saturated carbocycles. The van der Waals surface area contributed by atoms with Gasteiger partial charge in [0.25, 0.3) is 0 Å². The summed E-state index contributed by atoms with van der Waals surface area (Å²) in [6.45, 7) is 7.95. The minimum atomic E-state index is -0.269. The van der Waals surface area contributed by atoms with E-state index in [1.165, 1.54) is 11.3 Å². The van der Waals surface area contributed by atoms with Gasteiger partial charge in [0.15, 0.2) is 0 Å². The molecule has 2 heterocycles. The smallest absolute Gasteiger partial charge is 0.324 e. The van der Waals surface area contributed by atoms with Crippen molar-refractivity contribution in [2.24, 2.45) is 0 Å². The van der Waals surface area contributed by atoms with Gasteiger partial charge in [0.05, 0.1) is 5.00 Å². The molecule has 0 atom stereocenters. The Labute approximate surface area is 168 Å². The van der Waals surface area contributed by atoms with E-state index in [0.29, 0.717) is 11.6 Å². The lowest BCUT2D eigenvalue weighted by Gasteiger charge is -2.20. The zero-order valence-electron chi connectivity index (χ0n) is 16.2. The lowest BCUT2D eigenvalue weighted by Crippen LogP contribution is -2.23. The second-order valence-corrected chi connectivity index (χ2v) is 7.07. The van der Waals surface area contributed by atoms with E-state index in [9.17, 15) is 4.79 Å².